The number of ether oxygens (including phenoxy) is 1. The van der Waals surface area contributed by atoms with Gasteiger partial charge >= 0.3 is 0 Å². The van der Waals surface area contributed by atoms with E-state index >= 15 is 0 Å². The van der Waals surface area contributed by atoms with Gasteiger partial charge in [0.15, 0.2) is 0 Å². The first-order valence-corrected chi connectivity index (χ1v) is 9.76. The Morgan fingerprint density at radius 3 is 2.34 bits per heavy atom. The van der Waals surface area contributed by atoms with E-state index in [2.05, 4.69) is 10.6 Å². The van der Waals surface area contributed by atoms with E-state index in [0.29, 0.717) is 55.2 Å². The van der Waals surface area contributed by atoms with Gasteiger partial charge in [0.2, 0.25) is 5.91 Å². The third-order valence-electron chi connectivity index (χ3n) is 4.61. The van der Waals surface area contributed by atoms with E-state index in [1.54, 1.807) is 53.4 Å². The zero-order valence-corrected chi connectivity index (χ0v) is 16.4. The van der Waals surface area contributed by atoms with Crippen LogP contribution in [0.1, 0.15) is 40.5 Å². The van der Waals surface area contributed by atoms with Crippen LogP contribution in [0.3, 0.4) is 0 Å². The maximum atomic E-state index is 12.8. The number of carbonyl (C=O) groups is 3. The smallest absolute Gasteiger partial charge is 0.256 e. The second-order valence-corrected chi connectivity index (χ2v) is 6.78. The lowest BCUT2D eigenvalue weighted by Crippen LogP contribution is -2.41. The molecule has 29 heavy (non-hydrogen) atoms. The lowest BCUT2D eigenvalue weighted by atomic mass is 10.1. The van der Waals surface area contributed by atoms with Gasteiger partial charge in [0.05, 0.1) is 24.5 Å². The molecule has 1 fully saturated rings. The van der Waals surface area contributed by atoms with E-state index < -0.39 is 0 Å². The maximum Gasteiger partial charge on any atom is 0.256 e. The van der Waals surface area contributed by atoms with Gasteiger partial charge in [-0.3, -0.25) is 14.4 Å². The van der Waals surface area contributed by atoms with Crippen molar-refractivity contribution in [2.24, 2.45) is 0 Å². The molecule has 0 unspecified atom stereocenters. The minimum atomic E-state index is -0.321. The van der Waals surface area contributed by atoms with Gasteiger partial charge in [-0.15, -0.1) is 0 Å². The molecule has 152 valence electrons. The monoisotopic (exact) mass is 395 g/mol. The molecule has 1 aliphatic heterocycles. The van der Waals surface area contributed by atoms with Crippen LogP contribution >= 0.6 is 0 Å². The van der Waals surface area contributed by atoms with Crippen molar-refractivity contribution >= 4 is 29.1 Å². The maximum absolute atomic E-state index is 12.8. The average Bonchev–Trinajstić information content (AvgIpc) is 2.75. The van der Waals surface area contributed by atoms with Crippen LogP contribution in [0.25, 0.3) is 0 Å². The van der Waals surface area contributed by atoms with Crippen molar-refractivity contribution in [3.8, 4) is 0 Å². The van der Waals surface area contributed by atoms with Crippen LogP contribution in [-0.4, -0.2) is 48.9 Å². The number of carbonyl (C=O) groups excluding carboxylic acids is 3. The highest BCUT2D eigenvalue weighted by molar-refractivity contribution is 6.09. The van der Waals surface area contributed by atoms with Crippen LogP contribution in [0.5, 0.6) is 0 Å². The molecule has 0 aliphatic carbocycles. The Kier molecular flexibility index (Phi) is 6.97. The molecule has 3 rings (SSSR count). The summed E-state index contributed by atoms with van der Waals surface area (Å²) in [5.74, 6) is -0.503. The molecule has 0 spiro atoms. The first-order chi connectivity index (χ1) is 14.1. The molecule has 2 N–H and O–H groups in total. The van der Waals surface area contributed by atoms with E-state index in [1.165, 1.54) is 0 Å². The average molecular weight is 395 g/mol. The molecule has 0 saturated carbocycles. The second kappa shape index (κ2) is 9.84. The molecular weight excluding hydrogens is 370 g/mol. The minimum Gasteiger partial charge on any atom is -0.378 e. The summed E-state index contributed by atoms with van der Waals surface area (Å²) in [7, 11) is 0. The topological polar surface area (TPSA) is 87.7 Å². The first kappa shape index (κ1) is 20.5. The fraction of sp³-hybridized carbons (Fsp3) is 0.318. The summed E-state index contributed by atoms with van der Waals surface area (Å²) in [6.07, 6.45) is 1.23. The van der Waals surface area contributed by atoms with E-state index in [4.69, 9.17) is 4.74 Å². The van der Waals surface area contributed by atoms with Gasteiger partial charge in [-0.25, -0.2) is 0 Å². The summed E-state index contributed by atoms with van der Waals surface area (Å²) in [6.45, 7) is 4.04. The Morgan fingerprint density at radius 2 is 1.66 bits per heavy atom. The van der Waals surface area contributed by atoms with Crippen LogP contribution in [-0.2, 0) is 9.53 Å². The summed E-state index contributed by atoms with van der Waals surface area (Å²) in [6, 6.07) is 13.6. The highest BCUT2D eigenvalue weighted by Crippen LogP contribution is 2.20. The van der Waals surface area contributed by atoms with Crippen LogP contribution < -0.4 is 10.6 Å². The number of anilines is 2. The molecule has 1 heterocycles. The largest absolute Gasteiger partial charge is 0.378 e. The van der Waals surface area contributed by atoms with E-state index in [0.717, 1.165) is 6.42 Å². The number of nitrogens with one attached hydrogen (secondary N) is 2. The van der Waals surface area contributed by atoms with Crippen molar-refractivity contribution < 1.29 is 19.1 Å². The Balaban J connectivity index is 1.69. The van der Waals surface area contributed by atoms with Crippen molar-refractivity contribution in [3.63, 3.8) is 0 Å². The number of para-hydroxylation sites is 1. The first-order valence-electron chi connectivity index (χ1n) is 9.76. The fourth-order valence-electron chi connectivity index (χ4n) is 3.07. The molecule has 7 nitrogen and oxygen atoms in total. The molecular formula is C22H25N3O4. The fourth-order valence-corrected chi connectivity index (χ4v) is 3.07. The summed E-state index contributed by atoms with van der Waals surface area (Å²) in [5, 5.41) is 5.61. The van der Waals surface area contributed by atoms with E-state index in [-0.39, 0.29) is 17.7 Å². The molecule has 3 amide bonds. The van der Waals surface area contributed by atoms with Gasteiger partial charge < -0.3 is 20.3 Å². The van der Waals surface area contributed by atoms with Crippen LogP contribution in [0, 0.1) is 0 Å². The van der Waals surface area contributed by atoms with Crippen molar-refractivity contribution in [2.75, 3.05) is 36.9 Å². The number of rotatable bonds is 6. The summed E-state index contributed by atoms with van der Waals surface area (Å²) in [4.78, 5) is 38.9. The van der Waals surface area contributed by atoms with E-state index in [9.17, 15) is 14.4 Å². The molecule has 0 aromatic heterocycles. The lowest BCUT2D eigenvalue weighted by molar-refractivity contribution is -0.116. The second-order valence-electron chi connectivity index (χ2n) is 6.78. The van der Waals surface area contributed by atoms with Crippen molar-refractivity contribution in [1.82, 2.24) is 4.90 Å². The predicted molar refractivity (Wildman–Crippen MR) is 111 cm³/mol. The van der Waals surface area contributed by atoms with Crippen LogP contribution in [0.4, 0.5) is 11.4 Å². The molecule has 0 bridgehead atoms. The number of nitrogens with zero attached hydrogens (tertiary/aromatic N) is 1. The molecule has 1 saturated heterocycles. The predicted octanol–water partition coefficient (Wildman–Crippen LogP) is 3.15. The lowest BCUT2D eigenvalue weighted by Gasteiger charge is -2.27. The van der Waals surface area contributed by atoms with Crippen LogP contribution in [0.2, 0.25) is 0 Å². The van der Waals surface area contributed by atoms with Gasteiger partial charge in [0, 0.05) is 30.8 Å². The van der Waals surface area contributed by atoms with Crippen molar-refractivity contribution in [2.45, 2.75) is 19.8 Å². The van der Waals surface area contributed by atoms with Crippen molar-refractivity contribution in [3.05, 3.63) is 59.7 Å². The number of amides is 3. The Morgan fingerprint density at radius 1 is 0.966 bits per heavy atom. The summed E-state index contributed by atoms with van der Waals surface area (Å²) >= 11 is 0. The summed E-state index contributed by atoms with van der Waals surface area (Å²) < 4.78 is 5.30. The standard InChI is InChI=1S/C22H25N3O4/c1-2-5-20(26)23-17-10-8-16(9-11-17)21(27)24-19-7-4-3-6-18(19)22(28)25-12-14-29-15-13-25/h3-4,6-11H,2,5,12-15H2,1H3,(H,23,26)(H,24,27). The molecule has 7 heteroatoms. The van der Waals surface area contributed by atoms with Gasteiger partial charge in [-0.05, 0) is 42.8 Å². The van der Waals surface area contributed by atoms with Gasteiger partial charge in [-0.2, -0.15) is 0 Å². The van der Waals surface area contributed by atoms with Crippen molar-refractivity contribution in [1.29, 1.82) is 0 Å². The van der Waals surface area contributed by atoms with Gasteiger partial charge in [0.25, 0.3) is 11.8 Å². The number of hydrogen-bond donors (Lipinski definition) is 2. The SMILES string of the molecule is CCCC(=O)Nc1ccc(C(=O)Nc2ccccc2C(=O)N2CCOCC2)cc1. The third-order valence-corrected chi connectivity index (χ3v) is 4.61. The number of benzene rings is 2. The minimum absolute atomic E-state index is 0.0553. The third kappa shape index (κ3) is 5.42. The van der Waals surface area contributed by atoms with Gasteiger partial charge in [-0.1, -0.05) is 19.1 Å². The number of morpholine rings is 1. The van der Waals surface area contributed by atoms with Gasteiger partial charge in [0.1, 0.15) is 0 Å². The molecule has 1 aliphatic rings. The normalized spacial score (nSPS) is 13.6. The number of hydrogen-bond acceptors (Lipinski definition) is 4. The highest BCUT2D eigenvalue weighted by Gasteiger charge is 2.21. The Labute approximate surface area is 170 Å². The Hall–Kier alpha value is -3.19. The molecule has 2 aromatic rings. The summed E-state index contributed by atoms with van der Waals surface area (Å²) in [5.41, 5.74) is 2.00. The quantitative estimate of drug-likeness (QED) is 0.787. The zero-order valence-electron chi connectivity index (χ0n) is 16.4. The molecule has 2 aromatic carbocycles. The molecule has 0 radical (unpaired) electrons. The van der Waals surface area contributed by atoms with E-state index in [1.807, 2.05) is 6.92 Å². The Bertz CT molecular complexity index is 874. The van der Waals surface area contributed by atoms with Crippen LogP contribution in [0.15, 0.2) is 48.5 Å². The highest BCUT2D eigenvalue weighted by atomic mass is 16.5. The zero-order chi connectivity index (χ0) is 20.6. The molecule has 0 atom stereocenters.